The highest BCUT2D eigenvalue weighted by Gasteiger charge is 2.48. The van der Waals surface area contributed by atoms with Crippen LogP contribution in [0.3, 0.4) is 0 Å². The van der Waals surface area contributed by atoms with Crippen molar-refractivity contribution in [3.8, 4) is 0 Å². The minimum absolute atomic E-state index is 0.168. The van der Waals surface area contributed by atoms with Gasteiger partial charge in [0.2, 0.25) is 6.41 Å². The Balaban J connectivity index is 1.92. The number of rotatable bonds is 5. The summed E-state index contributed by atoms with van der Waals surface area (Å²) in [6, 6.07) is 0. The third-order valence-electron chi connectivity index (χ3n) is 4.07. The maximum absolute atomic E-state index is 11.0. The third-order valence-corrected chi connectivity index (χ3v) is 4.07. The summed E-state index contributed by atoms with van der Waals surface area (Å²) in [5.74, 6) is 0.168. The number of aliphatic hydroxyl groups excluding tert-OH is 3. The smallest absolute Gasteiger partial charge is 0.211 e. The molecule has 130 valence electrons. The molecule has 1 aliphatic heterocycles. The number of nitrogen functional groups attached to an aromatic ring is 1. The zero-order valence-electron chi connectivity index (χ0n) is 12.8. The number of imidazole rings is 1. The number of nitrogens with zero attached hydrogens (tertiary/aromatic N) is 5. The molecule has 5 atom stereocenters. The molecule has 5 N–H and O–H groups in total. The van der Waals surface area contributed by atoms with Crippen LogP contribution in [0, 0.1) is 0 Å². The number of anilines is 1. The minimum atomic E-state index is -1.41. The Labute approximate surface area is 136 Å². The summed E-state index contributed by atoms with van der Waals surface area (Å²) in [6.07, 6.45) is -3.37. The van der Waals surface area contributed by atoms with Crippen LogP contribution in [0.15, 0.2) is 12.7 Å². The van der Waals surface area contributed by atoms with E-state index in [-0.39, 0.29) is 12.4 Å². The molecule has 1 fully saturated rings. The van der Waals surface area contributed by atoms with Crippen molar-refractivity contribution < 1.29 is 24.9 Å². The van der Waals surface area contributed by atoms with Gasteiger partial charge in [-0.2, -0.15) is 0 Å². The number of carbonyl (C=O) groups excluding carboxylic acids is 1. The zero-order chi connectivity index (χ0) is 17.4. The molecule has 1 amide bonds. The zero-order valence-corrected chi connectivity index (χ0v) is 12.8. The molecule has 3 rings (SSSR count). The second-order valence-corrected chi connectivity index (χ2v) is 5.40. The van der Waals surface area contributed by atoms with Crippen LogP contribution in [0.25, 0.3) is 11.2 Å². The highest BCUT2D eigenvalue weighted by atomic mass is 16.6. The summed E-state index contributed by atoms with van der Waals surface area (Å²) in [6.45, 7) is 1.88. The fourth-order valence-corrected chi connectivity index (χ4v) is 2.73. The van der Waals surface area contributed by atoms with E-state index in [0.717, 1.165) is 4.90 Å². The average molecular weight is 338 g/mol. The van der Waals surface area contributed by atoms with Gasteiger partial charge in [0.05, 0.1) is 6.33 Å². The molecular formula is C13H18N6O5. The predicted molar refractivity (Wildman–Crippen MR) is 80.1 cm³/mol. The van der Waals surface area contributed by atoms with Crippen molar-refractivity contribution in [2.24, 2.45) is 0 Å². The Morgan fingerprint density at radius 3 is 2.83 bits per heavy atom. The van der Waals surface area contributed by atoms with E-state index in [1.54, 1.807) is 6.92 Å². The highest BCUT2D eigenvalue weighted by molar-refractivity contribution is 5.81. The summed E-state index contributed by atoms with van der Waals surface area (Å²) in [5.41, 5.74) is 6.36. The molecule has 11 heteroatoms. The average Bonchev–Trinajstić information content (AvgIpc) is 3.12. The second-order valence-electron chi connectivity index (χ2n) is 5.40. The summed E-state index contributed by atoms with van der Waals surface area (Å²) >= 11 is 0. The standard InChI is InChI=1S/C13H18N6O5/c1-2-18(5-20)12(23)9-7(21)8(22)13(24-9)19-4-17-6-10(14)15-3-16-11(6)19/h3-5,7-9,12-13,21-23H,2H2,1H3,(H2,14,15,16)/t7-,8+,9-,12?,13+/m0/s1. The van der Waals surface area contributed by atoms with Gasteiger partial charge < -0.3 is 30.7 Å². The molecule has 0 radical (unpaired) electrons. The van der Waals surface area contributed by atoms with Gasteiger partial charge in [-0.1, -0.05) is 0 Å². The van der Waals surface area contributed by atoms with E-state index in [4.69, 9.17) is 10.5 Å². The molecular weight excluding hydrogens is 320 g/mol. The first kappa shape index (κ1) is 16.5. The van der Waals surface area contributed by atoms with E-state index in [2.05, 4.69) is 15.0 Å². The number of likely N-dealkylation sites (N-methyl/N-ethyl adjacent to an activating group) is 1. The Hall–Kier alpha value is -2.34. The van der Waals surface area contributed by atoms with Gasteiger partial charge in [-0.25, -0.2) is 15.0 Å². The Morgan fingerprint density at radius 2 is 2.17 bits per heavy atom. The molecule has 2 aromatic heterocycles. The first-order chi connectivity index (χ1) is 11.5. The first-order valence-corrected chi connectivity index (χ1v) is 7.33. The van der Waals surface area contributed by atoms with Crippen molar-refractivity contribution >= 4 is 23.4 Å². The molecule has 2 aromatic rings. The van der Waals surface area contributed by atoms with Gasteiger partial charge in [0, 0.05) is 6.54 Å². The molecule has 1 aliphatic rings. The molecule has 0 bridgehead atoms. The fourth-order valence-electron chi connectivity index (χ4n) is 2.73. The Bertz CT molecular complexity index is 739. The van der Waals surface area contributed by atoms with Crippen molar-refractivity contribution in [1.29, 1.82) is 0 Å². The molecule has 1 unspecified atom stereocenters. The van der Waals surface area contributed by atoms with Crippen molar-refractivity contribution in [2.45, 2.75) is 37.7 Å². The maximum atomic E-state index is 11.0. The summed E-state index contributed by atoms with van der Waals surface area (Å²) in [4.78, 5) is 24.0. The molecule has 0 aliphatic carbocycles. The first-order valence-electron chi connectivity index (χ1n) is 7.33. The van der Waals surface area contributed by atoms with Crippen LogP contribution in [0.2, 0.25) is 0 Å². The lowest BCUT2D eigenvalue weighted by atomic mass is 10.1. The number of carbonyl (C=O) groups is 1. The van der Waals surface area contributed by atoms with E-state index in [1.165, 1.54) is 17.2 Å². The van der Waals surface area contributed by atoms with Crippen LogP contribution in [0.1, 0.15) is 13.2 Å². The van der Waals surface area contributed by atoms with Crippen LogP contribution in [0.5, 0.6) is 0 Å². The molecule has 24 heavy (non-hydrogen) atoms. The topological polar surface area (TPSA) is 160 Å². The van der Waals surface area contributed by atoms with Crippen LogP contribution in [-0.2, 0) is 9.53 Å². The molecule has 1 saturated heterocycles. The maximum Gasteiger partial charge on any atom is 0.211 e. The van der Waals surface area contributed by atoms with E-state index in [0.29, 0.717) is 17.6 Å². The molecule has 0 spiro atoms. The predicted octanol–water partition coefficient (Wildman–Crippen LogP) is -2.18. The van der Waals surface area contributed by atoms with Crippen LogP contribution >= 0.6 is 0 Å². The minimum Gasteiger partial charge on any atom is -0.387 e. The molecule has 0 aromatic carbocycles. The van der Waals surface area contributed by atoms with Gasteiger partial charge in [-0.05, 0) is 6.92 Å². The number of ether oxygens (including phenoxy) is 1. The van der Waals surface area contributed by atoms with Crippen LogP contribution in [0.4, 0.5) is 5.82 Å². The van der Waals surface area contributed by atoms with Crippen molar-refractivity contribution in [3.63, 3.8) is 0 Å². The van der Waals surface area contributed by atoms with Crippen molar-refractivity contribution in [2.75, 3.05) is 12.3 Å². The van der Waals surface area contributed by atoms with Crippen molar-refractivity contribution in [1.82, 2.24) is 24.4 Å². The largest absolute Gasteiger partial charge is 0.387 e. The summed E-state index contributed by atoms with van der Waals surface area (Å²) in [5, 5.41) is 30.7. The van der Waals surface area contributed by atoms with E-state index in [1.807, 2.05) is 0 Å². The Kier molecular flexibility index (Phi) is 4.32. The quantitative estimate of drug-likeness (QED) is 0.351. The van der Waals surface area contributed by atoms with Gasteiger partial charge in [0.25, 0.3) is 0 Å². The van der Waals surface area contributed by atoms with Crippen LogP contribution < -0.4 is 5.73 Å². The molecule has 11 nitrogen and oxygen atoms in total. The molecule has 3 heterocycles. The fraction of sp³-hybridized carbons (Fsp3) is 0.538. The number of nitrogens with two attached hydrogens (primary N) is 1. The molecule has 0 saturated carbocycles. The number of fused-ring (bicyclic) bond motifs is 1. The van der Waals surface area contributed by atoms with Crippen molar-refractivity contribution in [3.05, 3.63) is 12.7 Å². The van der Waals surface area contributed by atoms with Gasteiger partial charge in [-0.3, -0.25) is 9.36 Å². The van der Waals surface area contributed by atoms with Gasteiger partial charge in [0.15, 0.2) is 23.9 Å². The number of amides is 1. The normalized spacial score (nSPS) is 28.2. The lowest BCUT2D eigenvalue weighted by Crippen LogP contribution is -2.48. The van der Waals surface area contributed by atoms with E-state index < -0.39 is 30.8 Å². The lowest BCUT2D eigenvalue weighted by molar-refractivity contribution is -0.152. The third kappa shape index (κ3) is 2.47. The van der Waals surface area contributed by atoms with E-state index >= 15 is 0 Å². The summed E-state index contributed by atoms with van der Waals surface area (Å²) < 4.78 is 6.99. The SMILES string of the molecule is CCN(C=O)C(O)[C@H]1O[C@@H](n2cnc3c(N)ncnc32)[C@H](O)[C@@H]1O. The van der Waals surface area contributed by atoms with Crippen LogP contribution in [-0.4, -0.2) is 77.2 Å². The number of hydrogen-bond acceptors (Lipinski definition) is 9. The van der Waals surface area contributed by atoms with E-state index in [9.17, 15) is 20.1 Å². The summed E-state index contributed by atoms with van der Waals surface area (Å²) in [7, 11) is 0. The Morgan fingerprint density at radius 1 is 1.42 bits per heavy atom. The monoisotopic (exact) mass is 338 g/mol. The highest BCUT2D eigenvalue weighted by Crippen LogP contribution is 2.33. The van der Waals surface area contributed by atoms with Gasteiger partial charge >= 0.3 is 0 Å². The van der Waals surface area contributed by atoms with Gasteiger partial charge in [0.1, 0.15) is 30.2 Å². The number of aromatic nitrogens is 4. The second kappa shape index (κ2) is 6.28. The lowest BCUT2D eigenvalue weighted by Gasteiger charge is -2.28. The number of aliphatic hydroxyl groups is 3. The van der Waals surface area contributed by atoms with Gasteiger partial charge in [-0.15, -0.1) is 0 Å². The number of hydrogen-bond donors (Lipinski definition) is 4.